The van der Waals surface area contributed by atoms with Gasteiger partial charge in [0, 0.05) is 17.6 Å². The van der Waals surface area contributed by atoms with Crippen LogP contribution in [-0.2, 0) is 6.42 Å². The smallest absolute Gasteiger partial charge is 0.272 e. The van der Waals surface area contributed by atoms with Crippen molar-refractivity contribution in [1.29, 1.82) is 0 Å². The summed E-state index contributed by atoms with van der Waals surface area (Å²) < 4.78 is 0. The van der Waals surface area contributed by atoms with Gasteiger partial charge < -0.3 is 15.2 Å². The van der Waals surface area contributed by atoms with Crippen molar-refractivity contribution >= 4 is 22.4 Å². The van der Waals surface area contributed by atoms with Gasteiger partial charge in [-0.2, -0.15) is 0 Å². The zero-order valence-electron chi connectivity index (χ0n) is 15.2. The Hall–Kier alpha value is -2.92. The van der Waals surface area contributed by atoms with Gasteiger partial charge in [-0.15, -0.1) is 0 Å². The van der Waals surface area contributed by atoms with E-state index in [9.17, 15) is 9.59 Å². The highest BCUT2D eigenvalue weighted by molar-refractivity contribution is 6.04. The number of carbonyl (C=O) groups is 1. The Morgan fingerprint density at radius 3 is 2.70 bits per heavy atom. The maximum atomic E-state index is 12.6. The number of hydrogen-bond acceptors (Lipinski definition) is 3. The number of nitrogens with one attached hydrogen (secondary N) is 2. The van der Waals surface area contributed by atoms with Crippen LogP contribution in [0, 0.1) is 0 Å². The van der Waals surface area contributed by atoms with Gasteiger partial charge in [0.15, 0.2) is 0 Å². The van der Waals surface area contributed by atoms with E-state index in [4.69, 9.17) is 0 Å². The van der Waals surface area contributed by atoms with E-state index in [2.05, 4.69) is 21.3 Å². The maximum Gasteiger partial charge on any atom is 0.272 e. The quantitative estimate of drug-likeness (QED) is 0.732. The molecule has 0 unspecified atom stereocenters. The highest BCUT2D eigenvalue weighted by atomic mass is 16.2. The summed E-state index contributed by atoms with van der Waals surface area (Å²) in [7, 11) is 0. The van der Waals surface area contributed by atoms with Crippen LogP contribution in [0.2, 0.25) is 0 Å². The third-order valence-corrected chi connectivity index (χ3v) is 5.10. The number of benzene rings is 2. The molecule has 0 aliphatic carbocycles. The van der Waals surface area contributed by atoms with Crippen LogP contribution >= 0.6 is 0 Å². The van der Waals surface area contributed by atoms with Crippen LogP contribution < -0.4 is 10.9 Å². The van der Waals surface area contributed by atoms with Gasteiger partial charge in [-0.25, -0.2) is 0 Å². The summed E-state index contributed by atoms with van der Waals surface area (Å²) in [5, 5.41) is 4.23. The Morgan fingerprint density at radius 2 is 1.85 bits per heavy atom. The average Bonchev–Trinajstić information content (AvgIpc) is 3.20. The summed E-state index contributed by atoms with van der Waals surface area (Å²) in [4.78, 5) is 29.9. The fourth-order valence-electron chi connectivity index (χ4n) is 3.63. The molecular weight excluding hydrogens is 338 g/mol. The zero-order chi connectivity index (χ0) is 18.6. The number of H-pyrrole nitrogens is 1. The third-order valence-electron chi connectivity index (χ3n) is 5.10. The van der Waals surface area contributed by atoms with Gasteiger partial charge in [-0.05, 0) is 67.6 Å². The number of aromatic amines is 1. The Labute approximate surface area is 158 Å². The summed E-state index contributed by atoms with van der Waals surface area (Å²) in [6, 6.07) is 16.9. The van der Waals surface area contributed by atoms with Crippen molar-refractivity contribution in [2.45, 2.75) is 19.3 Å². The normalized spacial score (nSPS) is 14.5. The number of amides is 1. The lowest BCUT2D eigenvalue weighted by Gasteiger charge is -2.14. The molecule has 1 aliphatic heterocycles. The molecule has 5 heteroatoms. The summed E-state index contributed by atoms with van der Waals surface area (Å²) >= 11 is 0. The summed E-state index contributed by atoms with van der Waals surface area (Å²) in [6.45, 7) is 3.42. The number of hydrogen-bond donors (Lipinski definition) is 2. The number of nitrogens with zero attached hydrogens (tertiary/aromatic N) is 1. The first-order chi connectivity index (χ1) is 13.2. The molecule has 27 heavy (non-hydrogen) atoms. The van der Waals surface area contributed by atoms with E-state index < -0.39 is 0 Å². The lowest BCUT2D eigenvalue weighted by Crippen LogP contribution is -2.22. The van der Waals surface area contributed by atoms with Crippen molar-refractivity contribution in [3.05, 3.63) is 76.2 Å². The van der Waals surface area contributed by atoms with Crippen LogP contribution in [0.5, 0.6) is 0 Å². The first kappa shape index (κ1) is 17.5. The fraction of sp³-hybridized carbons (Fsp3) is 0.273. The van der Waals surface area contributed by atoms with E-state index in [1.807, 2.05) is 36.4 Å². The van der Waals surface area contributed by atoms with Crippen molar-refractivity contribution in [3.63, 3.8) is 0 Å². The average molecular weight is 361 g/mol. The lowest BCUT2D eigenvalue weighted by atomic mass is 10.1. The molecule has 1 amide bonds. The van der Waals surface area contributed by atoms with Crippen molar-refractivity contribution in [2.75, 3.05) is 25.0 Å². The van der Waals surface area contributed by atoms with E-state index in [0.29, 0.717) is 5.39 Å². The van der Waals surface area contributed by atoms with E-state index in [1.165, 1.54) is 31.5 Å². The molecule has 4 rings (SSSR count). The second-order valence-electron chi connectivity index (χ2n) is 7.05. The molecule has 0 saturated carbocycles. The summed E-state index contributed by atoms with van der Waals surface area (Å²) in [5.41, 5.74) is 1.96. The van der Waals surface area contributed by atoms with Crippen molar-refractivity contribution in [3.8, 4) is 0 Å². The number of fused-ring (bicyclic) bond motifs is 1. The zero-order valence-corrected chi connectivity index (χ0v) is 15.2. The lowest BCUT2D eigenvalue weighted by molar-refractivity contribution is 0.102. The molecule has 0 spiro atoms. The predicted octanol–water partition coefficient (Wildman–Crippen LogP) is 3.42. The molecule has 2 N–H and O–H groups in total. The van der Waals surface area contributed by atoms with Crippen LogP contribution in [0.25, 0.3) is 10.8 Å². The molecule has 0 bridgehead atoms. The molecule has 0 atom stereocenters. The van der Waals surface area contributed by atoms with E-state index >= 15 is 0 Å². The minimum atomic E-state index is -0.311. The molecule has 1 aromatic heterocycles. The first-order valence-electron chi connectivity index (χ1n) is 9.44. The SMILES string of the molecule is O=C(Nc1cccc(CCN2CCCC2)c1)c1cc2ccccc2c(=O)[nH]1. The molecule has 1 aliphatic rings. The van der Waals surface area contributed by atoms with Crippen molar-refractivity contribution < 1.29 is 4.79 Å². The van der Waals surface area contributed by atoms with Gasteiger partial charge in [-0.3, -0.25) is 9.59 Å². The number of aromatic nitrogens is 1. The molecular formula is C22H23N3O2. The number of carbonyl (C=O) groups excluding carboxylic acids is 1. The van der Waals surface area contributed by atoms with Gasteiger partial charge in [0.2, 0.25) is 0 Å². The standard InChI is InChI=1S/C22H23N3O2/c26-21-19-9-2-1-7-17(19)15-20(24-21)22(27)23-18-8-5-6-16(14-18)10-13-25-11-3-4-12-25/h1-2,5-9,14-15H,3-4,10-13H2,(H,23,27)(H,24,26). The van der Waals surface area contributed by atoms with Gasteiger partial charge in [0.1, 0.15) is 5.69 Å². The fourth-order valence-corrected chi connectivity index (χ4v) is 3.63. The van der Waals surface area contributed by atoms with Crippen LogP contribution in [0.15, 0.2) is 59.4 Å². The number of rotatable bonds is 5. The summed E-state index contributed by atoms with van der Waals surface area (Å²) in [5.74, 6) is -0.311. The summed E-state index contributed by atoms with van der Waals surface area (Å²) in [6.07, 6.45) is 3.55. The molecule has 1 fully saturated rings. The monoisotopic (exact) mass is 361 g/mol. The molecule has 2 heterocycles. The minimum absolute atomic E-state index is 0.252. The Balaban J connectivity index is 1.47. The molecule has 0 radical (unpaired) electrons. The maximum absolute atomic E-state index is 12.6. The van der Waals surface area contributed by atoms with E-state index in [-0.39, 0.29) is 17.2 Å². The van der Waals surface area contributed by atoms with Crippen molar-refractivity contribution in [1.82, 2.24) is 9.88 Å². The predicted molar refractivity (Wildman–Crippen MR) is 108 cm³/mol. The highest BCUT2D eigenvalue weighted by Crippen LogP contribution is 2.15. The van der Waals surface area contributed by atoms with Gasteiger partial charge in [0.05, 0.1) is 0 Å². The minimum Gasteiger partial charge on any atom is -0.321 e. The second-order valence-corrected chi connectivity index (χ2v) is 7.05. The first-order valence-corrected chi connectivity index (χ1v) is 9.44. The largest absolute Gasteiger partial charge is 0.321 e. The Bertz CT molecular complexity index is 1020. The van der Waals surface area contributed by atoms with Crippen LogP contribution in [0.1, 0.15) is 28.9 Å². The number of pyridine rings is 1. The molecule has 3 aromatic rings. The van der Waals surface area contributed by atoms with Gasteiger partial charge in [0.25, 0.3) is 11.5 Å². The highest BCUT2D eigenvalue weighted by Gasteiger charge is 2.12. The second kappa shape index (κ2) is 7.76. The molecule has 5 nitrogen and oxygen atoms in total. The van der Waals surface area contributed by atoms with Crippen LogP contribution in [0.4, 0.5) is 5.69 Å². The molecule has 2 aromatic carbocycles. The molecule has 1 saturated heterocycles. The van der Waals surface area contributed by atoms with Crippen molar-refractivity contribution in [2.24, 2.45) is 0 Å². The van der Waals surface area contributed by atoms with Crippen LogP contribution in [0.3, 0.4) is 0 Å². The Morgan fingerprint density at radius 1 is 1.04 bits per heavy atom. The topological polar surface area (TPSA) is 65.2 Å². The van der Waals surface area contributed by atoms with Crippen LogP contribution in [-0.4, -0.2) is 35.4 Å². The van der Waals surface area contributed by atoms with E-state index in [1.54, 1.807) is 12.1 Å². The number of likely N-dealkylation sites (tertiary alicyclic amines) is 1. The van der Waals surface area contributed by atoms with Gasteiger partial charge >= 0.3 is 0 Å². The Kier molecular flexibility index (Phi) is 5.03. The van der Waals surface area contributed by atoms with Gasteiger partial charge in [-0.1, -0.05) is 30.3 Å². The van der Waals surface area contributed by atoms with E-state index in [0.717, 1.165) is 24.0 Å². The number of anilines is 1. The molecule has 138 valence electrons. The third kappa shape index (κ3) is 4.09.